The highest BCUT2D eigenvalue weighted by Gasteiger charge is 2.21. The van der Waals surface area contributed by atoms with Gasteiger partial charge in [-0.25, -0.2) is 0 Å². The maximum atomic E-state index is 12.3. The van der Waals surface area contributed by atoms with Crippen molar-refractivity contribution in [3.05, 3.63) is 29.3 Å². The van der Waals surface area contributed by atoms with Gasteiger partial charge in [-0.3, -0.25) is 4.79 Å². The molecule has 2 rings (SSSR count). The summed E-state index contributed by atoms with van der Waals surface area (Å²) in [6.07, 6.45) is 0. The molecule has 0 atom stereocenters. The molecule has 4 nitrogen and oxygen atoms in total. The van der Waals surface area contributed by atoms with Crippen LogP contribution in [0.4, 0.5) is 5.69 Å². The van der Waals surface area contributed by atoms with Crippen molar-refractivity contribution in [3.63, 3.8) is 0 Å². The number of hydrogen-bond donors (Lipinski definition) is 1. The van der Waals surface area contributed by atoms with E-state index in [2.05, 4.69) is 11.9 Å². The number of nitrogen functional groups attached to an aromatic ring is 1. The van der Waals surface area contributed by atoms with Crippen LogP contribution in [0.25, 0.3) is 0 Å². The predicted molar refractivity (Wildman–Crippen MR) is 76.2 cm³/mol. The molecule has 5 heteroatoms. The summed E-state index contributed by atoms with van der Waals surface area (Å²) in [4.78, 5) is 16.5. The Morgan fingerprint density at radius 1 is 1.22 bits per heavy atom. The van der Waals surface area contributed by atoms with E-state index in [0.717, 1.165) is 37.3 Å². The molecule has 1 saturated heterocycles. The van der Waals surface area contributed by atoms with Crippen LogP contribution in [0.2, 0.25) is 0 Å². The van der Waals surface area contributed by atoms with Crippen LogP contribution in [-0.4, -0.2) is 48.9 Å². The number of carbonyl (C=O) groups is 1. The first kappa shape index (κ1) is 14.8. The van der Waals surface area contributed by atoms with Crippen LogP contribution in [0, 0.1) is 6.92 Å². The summed E-state index contributed by atoms with van der Waals surface area (Å²) in [5.41, 5.74) is 8.10. The minimum absolute atomic E-state index is 0. The van der Waals surface area contributed by atoms with E-state index in [9.17, 15) is 4.79 Å². The molecule has 2 N–H and O–H groups in total. The Morgan fingerprint density at radius 2 is 1.83 bits per heavy atom. The number of nitrogens with zero attached hydrogens (tertiary/aromatic N) is 2. The lowest BCUT2D eigenvalue weighted by Gasteiger charge is -2.32. The second-order valence-corrected chi connectivity index (χ2v) is 4.67. The van der Waals surface area contributed by atoms with Gasteiger partial charge in [0.1, 0.15) is 0 Å². The summed E-state index contributed by atoms with van der Waals surface area (Å²) in [7, 11) is 2.08. The number of hydrogen-bond acceptors (Lipinski definition) is 3. The molecule has 0 unspecified atom stereocenters. The molecular formula is C13H20ClN3O. The summed E-state index contributed by atoms with van der Waals surface area (Å²) in [5, 5.41) is 0. The number of benzene rings is 1. The maximum absolute atomic E-state index is 12.3. The fraction of sp³-hybridized carbons (Fsp3) is 0.462. The van der Waals surface area contributed by atoms with E-state index >= 15 is 0 Å². The molecule has 0 aliphatic carbocycles. The Hall–Kier alpha value is -1.26. The molecule has 1 heterocycles. The van der Waals surface area contributed by atoms with Gasteiger partial charge in [-0.1, -0.05) is 6.07 Å². The molecular weight excluding hydrogens is 250 g/mol. The molecule has 1 aromatic carbocycles. The molecule has 1 aliphatic heterocycles. The standard InChI is InChI=1S/C13H19N3O.ClH/c1-10-3-4-11(14)9-12(10)13(17)16-7-5-15(2)6-8-16;/h3-4,9H,5-8,14H2,1-2H3;1H. The number of anilines is 1. The van der Waals surface area contributed by atoms with Crippen molar-refractivity contribution in [2.24, 2.45) is 0 Å². The average Bonchev–Trinajstić information content (AvgIpc) is 2.32. The topological polar surface area (TPSA) is 49.6 Å². The van der Waals surface area contributed by atoms with Crippen molar-refractivity contribution in [1.29, 1.82) is 0 Å². The van der Waals surface area contributed by atoms with Crippen LogP contribution < -0.4 is 5.73 Å². The molecule has 0 bridgehead atoms. The molecule has 0 saturated carbocycles. The highest BCUT2D eigenvalue weighted by Crippen LogP contribution is 2.16. The second-order valence-electron chi connectivity index (χ2n) is 4.67. The van der Waals surface area contributed by atoms with E-state index in [-0.39, 0.29) is 18.3 Å². The van der Waals surface area contributed by atoms with Crippen LogP contribution >= 0.6 is 12.4 Å². The molecule has 18 heavy (non-hydrogen) atoms. The van der Waals surface area contributed by atoms with E-state index in [1.807, 2.05) is 24.0 Å². The zero-order valence-corrected chi connectivity index (χ0v) is 11.7. The zero-order valence-electron chi connectivity index (χ0n) is 10.8. The summed E-state index contributed by atoms with van der Waals surface area (Å²) in [6, 6.07) is 5.50. The highest BCUT2D eigenvalue weighted by molar-refractivity contribution is 5.96. The Morgan fingerprint density at radius 3 is 2.44 bits per heavy atom. The molecule has 100 valence electrons. The number of nitrogens with two attached hydrogens (primary N) is 1. The number of piperazine rings is 1. The van der Waals surface area contributed by atoms with Gasteiger partial charge in [-0.05, 0) is 31.7 Å². The van der Waals surface area contributed by atoms with Crippen molar-refractivity contribution in [3.8, 4) is 0 Å². The van der Waals surface area contributed by atoms with Gasteiger partial charge in [-0.2, -0.15) is 0 Å². The Kier molecular flexibility index (Phi) is 4.99. The lowest BCUT2D eigenvalue weighted by molar-refractivity contribution is 0.0663. The van der Waals surface area contributed by atoms with Crippen LogP contribution in [0.15, 0.2) is 18.2 Å². The second kappa shape index (κ2) is 6.07. The summed E-state index contributed by atoms with van der Waals surface area (Å²) in [6.45, 7) is 5.41. The lowest BCUT2D eigenvalue weighted by Crippen LogP contribution is -2.47. The predicted octanol–water partition coefficient (Wildman–Crippen LogP) is 1.39. The lowest BCUT2D eigenvalue weighted by atomic mass is 10.1. The Bertz CT molecular complexity index is 428. The zero-order chi connectivity index (χ0) is 12.4. The normalized spacial score (nSPS) is 16.2. The van der Waals surface area contributed by atoms with Crippen molar-refractivity contribution < 1.29 is 4.79 Å². The van der Waals surface area contributed by atoms with Gasteiger partial charge in [0.05, 0.1) is 0 Å². The quantitative estimate of drug-likeness (QED) is 0.784. The molecule has 1 amide bonds. The molecule has 0 spiro atoms. The van der Waals surface area contributed by atoms with Gasteiger partial charge in [0, 0.05) is 37.4 Å². The number of halogens is 1. The van der Waals surface area contributed by atoms with Gasteiger partial charge in [-0.15, -0.1) is 12.4 Å². The van der Waals surface area contributed by atoms with Crippen molar-refractivity contribution in [2.75, 3.05) is 39.0 Å². The van der Waals surface area contributed by atoms with Crippen LogP contribution in [-0.2, 0) is 0 Å². The third-order valence-electron chi connectivity index (χ3n) is 3.28. The number of aryl methyl sites for hydroxylation is 1. The fourth-order valence-electron chi connectivity index (χ4n) is 2.05. The molecule has 0 radical (unpaired) electrons. The van der Waals surface area contributed by atoms with Crippen LogP contribution in [0.1, 0.15) is 15.9 Å². The van der Waals surface area contributed by atoms with Crippen molar-refractivity contribution in [2.45, 2.75) is 6.92 Å². The molecule has 0 aromatic heterocycles. The van der Waals surface area contributed by atoms with Crippen LogP contribution in [0.5, 0.6) is 0 Å². The van der Waals surface area contributed by atoms with E-state index in [1.54, 1.807) is 6.07 Å². The van der Waals surface area contributed by atoms with Crippen molar-refractivity contribution in [1.82, 2.24) is 9.80 Å². The maximum Gasteiger partial charge on any atom is 0.254 e. The van der Waals surface area contributed by atoms with Gasteiger partial charge in [0.15, 0.2) is 0 Å². The van der Waals surface area contributed by atoms with E-state index in [4.69, 9.17) is 5.73 Å². The summed E-state index contributed by atoms with van der Waals surface area (Å²) in [5.74, 6) is 0.0999. The monoisotopic (exact) mass is 269 g/mol. The van der Waals surface area contributed by atoms with Crippen molar-refractivity contribution >= 4 is 24.0 Å². The molecule has 1 fully saturated rings. The van der Waals surface area contributed by atoms with Gasteiger partial charge in [0.25, 0.3) is 5.91 Å². The summed E-state index contributed by atoms with van der Waals surface area (Å²) >= 11 is 0. The smallest absolute Gasteiger partial charge is 0.254 e. The first-order valence-electron chi connectivity index (χ1n) is 5.92. The van der Waals surface area contributed by atoms with Gasteiger partial charge in [0.2, 0.25) is 0 Å². The van der Waals surface area contributed by atoms with Crippen LogP contribution in [0.3, 0.4) is 0 Å². The molecule has 1 aromatic rings. The number of rotatable bonds is 1. The van der Waals surface area contributed by atoms with E-state index in [0.29, 0.717) is 5.69 Å². The summed E-state index contributed by atoms with van der Waals surface area (Å²) < 4.78 is 0. The first-order valence-corrected chi connectivity index (χ1v) is 5.92. The Balaban J connectivity index is 0.00000162. The largest absolute Gasteiger partial charge is 0.399 e. The van der Waals surface area contributed by atoms with Gasteiger partial charge < -0.3 is 15.5 Å². The number of carbonyl (C=O) groups excluding carboxylic acids is 1. The van der Waals surface area contributed by atoms with Gasteiger partial charge >= 0.3 is 0 Å². The fourth-order valence-corrected chi connectivity index (χ4v) is 2.05. The number of likely N-dealkylation sites (N-methyl/N-ethyl adjacent to an activating group) is 1. The first-order chi connectivity index (χ1) is 8.08. The third-order valence-corrected chi connectivity index (χ3v) is 3.28. The minimum Gasteiger partial charge on any atom is -0.399 e. The highest BCUT2D eigenvalue weighted by atomic mass is 35.5. The minimum atomic E-state index is 0. The molecule has 1 aliphatic rings. The van der Waals surface area contributed by atoms with E-state index in [1.165, 1.54) is 0 Å². The Labute approximate surface area is 114 Å². The van der Waals surface area contributed by atoms with E-state index < -0.39 is 0 Å². The SMILES string of the molecule is Cc1ccc(N)cc1C(=O)N1CCN(C)CC1.Cl. The third kappa shape index (κ3) is 3.15. The average molecular weight is 270 g/mol. The number of amides is 1.